The molecule has 0 aliphatic heterocycles. The summed E-state index contributed by atoms with van der Waals surface area (Å²) in [7, 11) is 1.69. The molecule has 0 radical (unpaired) electrons. The molecule has 0 aliphatic carbocycles. The lowest BCUT2D eigenvalue weighted by atomic mass is 9.97. The van der Waals surface area contributed by atoms with Crippen LogP contribution in [0, 0.1) is 6.92 Å². The summed E-state index contributed by atoms with van der Waals surface area (Å²) in [5.74, 6) is 0.899. The first-order valence-corrected chi connectivity index (χ1v) is 7.45. The van der Waals surface area contributed by atoms with E-state index in [9.17, 15) is 0 Å². The van der Waals surface area contributed by atoms with E-state index in [4.69, 9.17) is 10.5 Å². The molecule has 3 aromatic rings. The Balaban J connectivity index is 2.04. The summed E-state index contributed by atoms with van der Waals surface area (Å²) < 4.78 is 6.58. The Morgan fingerprint density at radius 2 is 1.95 bits per heavy atom. The van der Waals surface area contributed by atoms with Gasteiger partial charge in [0.25, 0.3) is 0 Å². The van der Waals surface area contributed by atoms with Gasteiger partial charge in [0.05, 0.1) is 13.2 Å². The number of thiophene rings is 1. The summed E-state index contributed by atoms with van der Waals surface area (Å²) in [5, 5.41) is 3.41. The van der Waals surface area contributed by atoms with Crippen LogP contribution in [0.5, 0.6) is 5.75 Å². The molecule has 2 aromatic carbocycles. The number of rotatable bonds is 3. The number of benzene rings is 2. The minimum absolute atomic E-state index is 0.101. The van der Waals surface area contributed by atoms with Gasteiger partial charge in [0, 0.05) is 4.70 Å². The molecule has 2 N–H and O–H groups in total. The van der Waals surface area contributed by atoms with Crippen LogP contribution in [0.3, 0.4) is 0 Å². The van der Waals surface area contributed by atoms with Crippen molar-refractivity contribution < 1.29 is 4.74 Å². The first-order valence-electron chi connectivity index (χ1n) is 6.57. The number of ether oxygens (including phenoxy) is 1. The molecular formula is C17H17NOS. The van der Waals surface area contributed by atoms with Gasteiger partial charge in [-0.2, -0.15) is 0 Å². The van der Waals surface area contributed by atoms with Gasteiger partial charge in [-0.1, -0.05) is 30.3 Å². The van der Waals surface area contributed by atoms with Crippen LogP contribution in [-0.2, 0) is 0 Å². The molecule has 2 nitrogen and oxygen atoms in total. The van der Waals surface area contributed by atoms with E-state index >= 15 is 0 Å². The van der Waals surface area contributed by atoms with Gasteiger partial charge in [-0.25, -0.2) is 0 Å². The summed E-state index contributed by atoms with van der Waals surface area (Å²) in [6.45, 7) is 2.04. The largest absolute Gasteiger partial charge is 0.496 e. The fourth-order valence-corrected chi connectivity index (χ4v) is 3.51. The van der Waals surface area contributed by atoms with Crippen LogP contribution in [0.2, 0.25) is 0 Å². The predicted octanol–water partition coefficient (Wildman–Crippen LogP) is 4.27. The second-order valence-corrected chi connectivity index (χ2v) is 5.81. The smallest absolute Gasteiger partial charge is 0.121 e. The molecule has 3 heteroatoms. The molecule has 0 spiro atoms. The maximum atomic E-state index is 6.45. The second-order valence-electron chi connectivity index (χ2n) is 4.89. The van der Waals surface area contributed by atoms with E-state index in [1.165, 1.54) is 15.6 Å². The van der Waals surface area contributed by atoms with Gasteiger partial charge in [0.2, 0.25) is 0 Å². The Bertz CT molecular complexity index is 748. The van der Waals surface area contributed by atoms with Crippen molar-refractivity contribution in [2.75, 3.05) is 7.11 Å². The van der Waals surface area contributed by atoms with Gasteiger partial charge in [-0.15, -0.1) is 11.3 Å². The van der Waals surface area contributed by atoms with Crippen molar-refractivity contribution in [3.8, 4) is 5.75 Å². The topological polar surface area (TPSA) is 35.2 Å². The van der Waals surface area contributed by atoms with Crippen LogP contribution < -0.4 is 10.5 Å². The molecule has 0 saturated carbocycles. The average Bonchev–Trinajstić information content (AvgIpc) is 2.90. The minimum atomic E-state index is -0.101. The lowest BCUT2D eigenvalue weighted by Gasteiger charge is -2.14. The number of methoxy groups -OCH3 is 1. The third-order valence-corrected chi connectivity index (χ3v) is 4.61. The zero-order valence-electron chi connectivity index (χ0n) is 11.6. The molecule has 0 bridgehead atoms. The maximum absolute atomic E-state index is 6.45. The molecule has 1 aromatic heterocycles. The van der Waals surface area contributed by atoms with Crippen LogP contribution in [0.1, 0.15) is 22.7 Å². The van der Waals surface area contributed by atoms with E-state index in [1.54, 1.807) is 18.4 Å². The summed E-state index contributed by atoms with van der Waals surface area (Å²) in [6, 6.07) is 14.4. The fourth-order valence-electron chi connectivity index (χ4n) is 2.51. The van der Waals surface area contributed by atoms with Crippen molar-refractivity contribution in [3.63, 3.8) is 0 Å². The average molecular weight is 283 g/mol. The van der Waals surface area contributed by atoms with Crippen molar-refractivity contribution in [2.24, 2.45) is 5.73 Å². The number of nitrogens with two attached hydrogens (primary N) is 1. The number of aryl methyl sites for hydroxylation is 1. The molecule has 1 atom stereocenters. The third kappa shape index (κ3) is 2.19. The van der Waals surface area contributed by atoms with Gasteiger partial charge in [0.1, 0.15) is 5.75 Å². The maximum Gasteiger partial charge on any atom is 0.121 e. The lowest BCUT2D eigenvalue weighted by molar-refractivity contribution is 0.411. The quantitative estimate of drug-likeness (QED) is 0.779. The van der Waals surface area contributed by atoms with Gasteiger partial charge >= 0.3 is 0 Å². The van der Waals surface area contributed by atoms with Crippen LogP contribution in [0.15, 0.2) is 47.8 Å². The first-order chi connectivity index (χ1) is 9.70. The second kappa shape index (κ2) is 5.27. The molecule has 20 heavy (non-hydrogen) atoms. The lowest BCUT2D eigenvalue weighted by Crippen LogP contribution is -2.11. The predicted molar refractivity (Wildman–Crippen MR) is 85.6 cm³/mol. The van der Waals surface area contributed by atoms with Gasteiger partial charge < -0.3 is 10.5 Å². The van der Waals surface area contributed by atoms with Gasteiger partial charge in [-0.05, 0) is 46.5 Å². The van der Waals surface area contributed by atoms with Crippen LogP contribution in [-0.4, -0.2) is 7.11 Å². The molecule has 0 aliphatic rings. The highest BCUT2D eigenvalue weighted by atomic mass is 32.1. The number of fused-ring (bicyclic) bond motifs is 1. The van der Waals surface area contributed by atoms with Gasteiger partial charge in [0.15, 0.2) is 0 Å². The number of hydrogen-bond donors (Lipinski definition) is 1. The van der Waals surface area contributed by atoms with E-state index in [2.05, 4.69) is 35.7 Å². The highest BCUT2D eigenvalue weighted by Crippen LogP contribution is 2.33. The van der Waals surface area contributed by atoms with E-state index in [-0.39, 0.29) is 6.04 Å². The molecule has 1 heterocycles. The van der Waals surface area contributed by atoms with E-state index < -0.39 is 0 Å². The van der Waals surface area contributed by atoms with Crippen LogP contribution >= 0.6 is 11.3 Å². The molecule has 3 rings (SSSR count). The Morgan fingerprint density at radius 3 is 2.70 bits per heavy atom. The SMILES string of the molecule is COc1ccc(C(N)c2csc3ccccc23)cc1C. The summed E-state index contributed by atoms with van der Waals surface area (Å²) in [5.41, 5.74) is 9.87. The van der Waals surface area contributed by atoms with Crippen molar-refractivity contribution in [3.05, 3.63) is 64.5 Å². The van der Waals surface area contributed by atoms with Crippen molar-refractivity contribution in [1.82, 2.24) is 0 Å². The zero-order chi connectivity index (χ0) is 14.1. The third-order valence-electron chi connectivity index (χ3n) is 3.62. The minimum Gasteiger partial charge on any atom is -0.496 e. The monoisotopic (exact) mass is 283 g/mol. The molecule has 0 saturated heterocycles. The Hall–Kier alpha value is -1.84. The summed E-state index contributed by atoms with van der Waals surface area (Å²) >= 11 is 1.74. The van der Waals surface area contributed by atoms with E-state index in [1.807, 2.05) is 19.1 Å². The normalized spacial score (nSPS) is 12.6. The van der Waals surface area contributed by atoms with Crippen LogP contribution in [0.25, 0.3) is 10.1 Å². The molecule has 102 valence electrons. The van der Waals surface area contributed by atoms with E-state index in [0.29, 0.717) is 0 Å². The number of hydrogen-bond acceptors (Lipinski definition) is 3. The van der Waals surface area contributed by atoms with Crippen LogP contribution in [0.4, 0.5) is 0 Å². The zero-order valence-corrected chi connectivity index (χ0v) is 12.4. The van der Waals surface area contributed by atoms with Crippen molar-refractivity contribution in [2.45, 2.75) is 13.0 Å². The van der Waals surface area contributed by atoms with E-state index in [0.717, 1.165) is 16.9 Å². The molecule has 1 unspecified atom stereocenters. The molecule has 0 amide bonds. The summed E-state index contributed by atoms with van der Waals surface area (Å²) in [6.07, 6.45) is 0. The highest BCUT2D eigenvalue weighted by Gasteiger charge is 2.14. The fraction of sp³-hybridized carbons (Fsp3) is 0.176. The Labute approximate surface area is 122 Å². The molecular weight excluding hydrogens is 266 g/mol. The Kier molecular flexibility index (Phi) is 3.47. The summed E-state index contributed by atoms with van der Waals surface area (Å²) in [4.78, 5) is 0. The standard InChI is InChI=1S/C17H17NOS/c1-11-9-12(7-8-15(11)19-2)17(18)14-10-20-16-6-4-3-5-13(14)16/h3-10,17H,18H2,1-2H3. The Morgan fingerprint density at radius 1 is 1.15 bits per heavy atom. The highest BCUT2D eigenvalue weighted by molar-refractivity contribution is 7.17. The first kappa shape index (κ1) is 13.2. The van der Waals surface area contributed by atoms with Crippen molar-refractivity contribution in [1.29, 1.82) is 0 Å². The molecule has 0 fully saturated rings. The van der Waals surface area contributed by atoms with Crippen molar-refractivity contribution >= 4 is 21.4 Å². The van der Waals surface area contributed by atoms with Gasteiger partial charge in [-0.3, -0.25) is 0 Å².